The van der Waals surface area contributed by atoms with Crippen LogP contribution in [-0.4, -0.2) is 118 Å². The van der Waals surface area contributed by atoms with Gasteiger partial charge in [-0.3, -0.25) is 29.9 Å². The van der Waals surface area contributed by atoms with Crippen molar-refractivity contribution in [2.75, 3.05) is 40.8 Å². The van der Waals surface area contributed by atoms with Crippen LogP contribution in [0.5, 0.6) is 5.88 Å². The standard InChI is InChI=1S/C19H22N4OS.C18H21N5.C16H16N4S.C16H15N3O2/c1-14(15-8-6-10-18(21-15)24-12-11-23(2)3)20-13-19-22-16-7-4-5-9-17(16)25-19;1-14(15-7-5-6-10-20-15)21-13-18-22-16-8-3-4-9-17(16)23(18)12-11-19-2;1-11(13-7-4-5-12(9-17)19-13)18-10-16-20-14-6-2-3-8-15(14)21-16;1-11(13-7-4-5-12(10-20)18-13)17-9-16-19-14-6-2-3-8-15(14)21-16/h4-10H,11-13H2,1-3H3;3-10,19H,11-13H2,1-2H3;2-8H,9-10,17H2,1H3;2-8,20H,9-10H2,1H3. The van der Waals surface area contributed by atoms with Crippen molar-refractivity contribution < 1.29 is 14.3 Å². The van der Waals surface area contributed by atoms with E-state index in [1.165, 1.54) is 9.40 Å². The third-order valence-corrected chi connectivity index (χ3v) is 15.8. The van der Waals surface area contributed by atoms with Crippen LogP contribution in [0.2, 0.25) is 0 Å². The number of imidazole rings is 1. The third kappa shape index (κ3) is 18.8. The van der Waals surface area contributed by atoms with Gasteiger partial charge in [-0.1, -0.05) is 72.8 Å². The molecule has 460 valence electrons. The molecule has 4 N–H and O–H groups in total. The van der Waals surface area contributed by atoms with Gasteiger partial charge in [-0.15, -0.1) is 22.7 Å². The Bertz CT molecular complexity index is 4140. The molecule has 0 atom stereocenters. The number of rotatable bonds is 21. The lowest BCUT2D eigenvalue weighted by Gasteiger charge is -2.10. The zero-order valence-corrected chi connectivity index (χ0v) is 53.4. The predicted molar refractivity (Wildman–Crippen MR) is 365 cm³/mol. The molecule has 0 unspecified atom stereocenters. The zero-order valence-electron chi connectivity index (χ0n) is 51.7. The first-order valence-electron chi connectivity index (χ1n) is 29.5. The van der Waals surface area contributed by atoms with Crippen LogP contribution in [0, 0.1) is 0 Å². The van der Waals surface area contributed by atoms with Gasteiger partial charge in [0.05, 0.1) is 115 Å². The van der Waals surface area contributed by atoms with Gasteiger partial charge in [0.1, 0.15) is 34.5 Å². The Balaban J connectivity index is 0.000000143. The fraction of sp³-hybridized carbons (Fsp3) is 0.246. The molecule has 0 amide bonds. The van der Waals surface area contributed by atoms with Gasteiger partial charge in [-0.05, 0) is 140 Å². The van der Waals surface area contributed by atoms with Crippen molar-refractivity contribution in [1.82, 2.24) is 54.7 Å². The second kappa shape index (κ2) is 33.2. The number of hydrogen-bond acceptors (Lipinski definition) is 20. The highest BCUT2D eigenvalue weighted by molar-refractivity contribution is 7.18. The minimum atomic E-state index is -0.0771. The molecule has 8 heterocycles. The molecular weight excluding hydrogens is 1170 g/mol. The lowest BCUT2D eigenvalue weighted by atomic mass is 10.2. The van der Waals surface area contributed by atoms with Crippen molar-refractivity contribution in [3.63, 3.8) is 0 Å². The van der Waals surface area contributed by atoms with Crippen LogP contribution in [0.25, 0.3) is 42.6 Å². The quantitative estimate of drug-likeness (QED) is 0.0567. The van der Waals surface area contributed by atoms with Gasteiger partial charge in [-0.25, -0.2) is 29.9 Å². The number of para-hydroxylation sites is 6. The Labute approximate surface area is 532 Å². The first-order valence-corrected chi connectivity index (χ1v) is 31.1. The molecule has 12 aromatic rings. The number of nitrogens with one attached hydrogen (secondary N) is 1. The van der Waals surface area contributed by atoms with Crippen molar-refractivity contribution in [2.45, 2.75) is 73.6 Å². The summed E-state index contributed by atoms with van der Waals surface area (Å²) in [5, 5.41) is 14.3. The zero-order chi connectivity index (χ0) is 63.0. The van der Waals surface area contributed by atoms with Crippen LogP contribution in [0.3, 0.4) is 0 Å². The molecule has 8 aromatic heterocycles. The third-order valence-electron chi connectivity index (χ3n) is 13.8. The maximum atomic E-state index is 9.10. The molecule has 90 heavy (non-hydrogen) atoms. The van der Waals surface area contributed by atoms with Gasteiger partial charge in [-0.2, -0.15) is 0 Å². The number of pyridine rings is 4. The normalized spacial score (nSPS) is 12.0. The fourth-order valence-electron chi connectivity index (χ4n) is 8.92. The van der Waals surface area contributed by atoms with Gasteiger partial charge in [0.25, 0.3) is 0 Å². The largest absolute Gasteiger partial charge is 0.476 e. The summed E-state index contributed by atoms with van der Waals surface area (Å²) in [7, 11) is 6.00. The Morgan fingerprint density at radius 2 is 1.09 bits per heavy atom. The number of oxazole rings is 1. The molecule has 0 bridgehead atoms. The van der Waals surface area contributed by atoms with E-state index in [4.69, 9.17) is 25.0 Å². The van der Waals surface area contributed by atoms with Gasteiger partial charge < -0.3 is 34.8 Å². The SMILES string of the molecule is CC(=NCc1nc2ccccc2o1)c1cccc(CO)n1.CC(=NCc1nc2ccccc2s1)c1cccc(CN)n1.CC(=NCc1nc2ccccc2s1)c1cccc(OCCN(C)C)n1.CNCCn1c(CN=C(C)c2ccccn2)nc2ccccc21. The number of ether oxygens (including phenoxy) is 1. The fourth-order valence-corrected chi connectivity index (χ4v) is 10.7. The molecule has 19 nitrogen and oxygen atoms in total. The second-order valence-electron chi connectivity index (χ2n) is 20.7. The van der Waals surface area contributed by atoms with Crippen LogP contribution in [0.1, 0.15) is 83.6 Å². The molecule has 0 radical (unpaired) electrons. The van der Waals surface area contributed by atoms with E-state index >= 15 is 0 Å². The summed E-state index contributed by atoms with van der Waals surface area (Å²) in [6.45, 7) is 13.5. The predicted octanol–water partition coefficient (Wildman–Crippen LogP) is 12.2. The Kier molecular flexibility index (Phi) is 24.0. The number of hydrogen-bond donors (Lipinski definition) is 3. The van der Waals surface area contributed by atoms with Gasteiger partial charge in [0.2, 0.25) is 11.8 Å². The van der Waals surface area contributed by atoms with Crippen LogP contribution < -0.4 is 15.8 Å². The van der Waals surface area contributed by atoms with Crippen LogP contribution >= 0.6 is 22.7 Å². The Morgan fingerprint density at radius 1 is 0.556 bits per heavy atom. The van der Waals surface area contributed by atoms with Crippen molar-refractivity contribution in [1.29, 1.82) is 0 Å². The van der Waals surface area contributed by atoms with Crippen LogP contribution in [-0.2, 0) is 45.9 Å². The summed E-state index contributed by atoms with van der Waals surface area (Å²) < 4.78 is 15.9. The molecule has 0 aliphatic rings. The molecular formula is C69H74N16O3S2. The molecule has 0 aliphatic heterocycles. The van der Waals surface area contributed by atoms with Gasteiger partial charge in [0, 0.05) is 38.4 Å². The van der Waals surface area contributed by atoms with Crippen LogP contribution in [0.4, 0.5) is 0 Å². The molecule has 0 saturated carbocycles. The summed E-state index contributed by atoms with van der Waals surface area (Å²) in [6.07, 6.45) is 1.79. The van der Waals surface area contributed by atoms with E-state index in [-0.39, 0.29) is 6.61 Å². The number of nitrogens with two attached hydrogens (primary N) is 1. The molecule has 0 fully saturated rings. The maximum Gasteiger partial charge on any atom is 0.217 e. The van der Waals surface area contributed by atoms with Crippen molar-refractivity contribution in [3.05, 3.63) is 232 Å². The van der Waals surface area contributed by atoms with E-state index in [0.29, 0.717) is 56.8 Å². The molecule has 12 rings (SSSR count). The first-order chi connectivity index (χ1) is 43.9. The average molecular weight is 1240 g/mol. The number of likely N-dealkylation sites (N-methyl/N-ethyl adjacent to an activating group) is 2. The molecule has 0 aliphatic carbocycles. The van der Waals surface area contributed by atoms with Gasteiger partial charge >= 0.3 is 0 Å². The smallest absolute Gasteiger partial charge is 0.217 e. The lowest BCUT2D eigenvalue weighted by Crippen LogP contribution is -2.19. The minimum absolute atomic E-state index is 0.0771. The summed E-state index contributed by atoms with van der Waals surface area (Å²) in [5.74, 6) is 2.19. The van der Waals surface area contributed by atoms with Gasteiger partial charge in [0.15, 0.2) is 5.58 Å². The molecule has 0 saturated heterocycles. The lowest BCUT2D eigenvalue weighted by molar-refractivity contribution is 0.254. The Hall–Kier alpha value is -9.48. The number of aliphatic hydroxyl groups excluding tert-OH is 1. The number of aliphatic hydroxyl groups is 1. The van der Waals surface area contributed by atoms with E-state index in [9.17, 15) is 0 Å². The topological polar surface area (TPSA) is 241 Å². The van der Waals surface area contributed by atoms with Crippen LogP contribution in [0.15, 0.2) is 200 Å². The van der Waals surface area contributed by atoms with E-state index in [1.54, 1.807) is 34.9 Å². The number of fused-ring (bicyclic) bond motifs is 4. The summed E-state index contributed by atoms with van der Waals surface area (Å²) in [6, 6.07) is 55.1. The number of thiazole rings is 2. The highest BCUT2D eigenvalue weighted by atomic mass is 32.1. The number of aliphatic imine (C=N–C) groups is 4. The first kappa shape index (κ1) is 65.0. The minimum Gasteiger partial charge on any atom is -0.476 e. The molecule has 4 aromatic carbocycles. The summed E-state index contributed by atoms with van der Waals surface area (Å²) in [4.78, 5) is 56.4. The maximum absolute atomic E-state index is 9.10. The average Bonchev–Trinajstić information content (AvgIpc) is 3.02. The molecule has 21 heteroatoms. The number of aromatic nitrogens is 9. The van der Waals surface area contributed by atoms with E-state index in [2.05, 4.69) is 87.8 Å². The Morgan fingerprint density at radius 3 is 1.69 bits per heavy atom. The van der Waals surface area contributed by atoms with Crippen molar-refractivity contribution >= 4 is 88.1 Å². The summed E-state index contributed by atoms with van der Waals surface area (Å²) in [5.41, 5.74) is 19.8. The highest BCUT2D eigenvalue weighted by Crippen LogP contribution is 2.24. The summed E-state index contributed by atoms with van der Waals surface area (Å²) >= 11 is 3.37. The van der Waals surface area contributed by atoms with Crippen molar-refractivity contribution in [2.24, 2.45) is 25.7 Å². The van der Waals surface area contributed by atoms with E-state index in [1.807, 2.05) is 194 Å². The highest BCUT2D eigenvalue weighted by Gasteiger charge is 2.12. The monoisotopic (exact) mass is 1240 g/mol. The van der Waals surface area contributed by atoms with E-state index in [0.717, 1.165) is 120 Å². The number of benzene rings is 4. The molecule has 0 spiro atoms. The van der Waals surface area contributed by atoms with Crippen molar-refractivity contribution in [3.8, 4) is 5.88 Å². The second-order valence-corrected chi connectivity index (χ2v) is 23.0. The van der Waals surface area contributed by atoms with E-state index < -0.39 is 0 Å². The number of nitrogens with zero attached hydrogens (tertiary/aromatic N) is 14.